The molecule has 0 N–H and O–H groups in total. The number of allylic oxidation sites excluding steroid dienone is 4. The molecular weight excluding hydrogens is 227 g/mol. The van der Waals surface area contributed by atoms with Gasteiger partial charge in [-0.25, -0.2) is 0 Å². The first-order chi connectivity index (χ1) is 7.01. The van der Waals surface area contributed by atoms with Crippen molar-refractivity contribution in [2.24, 2.45) is 5.92 Å². The van der Waals surface area contributed by atoms with Crippen LogP contribution < -0.4 is 0 Å². The SMILES string of the molecule is CC1=C(C)C(C(F)(F)C(F)(F)F)C(C)=C1C. The Morgan fingerprint density at radius 2 is 1.06 bits per heavy atom. The van der Waals surface area contributed by atoms with Crippen molar-refractivity contribution in [1.29, 1.82) is 0 Å². The summed E-state index contributed by atoms with van der Waals surface area (Å²) in [5, 5.41) is 0. The van der Waals surface area contributed by atoms with Crippen LogP contribution in [0.5, 0.6) is 0 Å². The first-order valence-corrected chi connectivity index (χ1v) is 4.81. The van der Waals surface area contributed by atoms with Crippen LogP contribution >= 0.6 is 0 Å². The highest BCUT2D eigenvalue weighted by Crippen LogP contribution is 2.51. The van der Waals surface area contributed by atoms with Gasteiger partial charge in [0.05, 0.1) is 5.92 Å². The Morgan fingerprint density at radius 3 is 1.31 bits per heavy atom. The summed E-state index contributed by atoms with van der Waals surface area (Å²) in [4.78, 5) is 0. The second kappa shape index (κ2) is 3.57. The monoisotopic (exact) mass is 240 g/mol. The van der Waals surface area contributed by atoms with E-state index in [1.165, 1.54) is 13.8 Å². The van der Waals surface area contributed by atoms with Crippen LogP contribution in [0, 0.1) is 5.92 Å². The smallest absolute Gasteiger partial charge is 0.195 e. The van der Waals surface area contributed by atoms with E-state index in [0.29, 0.717) is 11.1 Å². The molecule has 92 valence electrons. The van der Waals surface area contributed by atoms with Gasteiger partial charge in [-0.3, -0.25) is 0 Å². The largest absolute Gasteiger partial charge is 0.454 e. The molecule has 1 aliphatic rings. The van der Waals surface area contributed by atoms with Crippen LogP contribution in [-0.2, 0) is 0 Å². The van der Waals surface area contributed by atoms with Gasteiger partial charge >= 0.3 is 12.1 Å². The molecule has 0 aromatic carbocycles. The Labute approximate surface area is 90.8 Å². The minimum atomic E-state index is -5.51. The normalized spacial score (nSPS) is 20.1. The molecule has 1 aliphatic carbocycles. The van der Waals surface area contributed by atoms with E-state index in [2.05, 4.69) is 0 Å². The third kappa shape index (κ3) is 1.66. The van der Waals surface area contributed by atoms with Crippen LogP contribution in [0.4, 0.5) is 22.0 Å². The lowest BCUT2D eigenvalue weighted by Crippen LogP contribution is -2.44. The Balaban J connectivity index is 3.28. The summed E-state index contributed by atoms with van der Waals surface area (Å²) < 4.78 is 63.5. The molecule has 0 radical (unpaired) electrons. The molecule has 0 bridgehead atoms. The van der Waals surface area contributed by atoms with Gasteiger partial charge in [0, 0.05) is 0 Å². The molecule has 0 nitrogen and oxygen atoms in total. The van der Waals surface area contributed by atoms with Gasteiger partial charge < -0.3 is 0 Å². The molecule has 0 unspecified atom stereocenters. The summed E-state index contributed by atoms with van der Waals surface area (Å²) in [5.74, 6) is -6.53. The van der Waals surface area contributed by atoms with Gasteiger partial charge in [-0.2, -0.15) is 22.0 Å². The highest BCUT2D eigenvalue weighted by atomic mass is 19.4. The van der Waals surface area contributed by atoms with E-state index in [0.717, 1.165) is 0 Å². The Morgan fingerprint density at radius 1 is 0.750 bits per heavy atom. The topological polar surface area (TPSA) is 0 Å². The van der Waals surface area contributed by atoms with Crippen molar-refractivity contribution in [1.82, 2.24) is 0 Å². The van der Waals surface area contributed by atoms with E-state index in [-0.39, 0.29) is 11.1 Å². The average Bonchev–Trinajstić information content (AvgIpc) is 2.29. The predicted octanol–water partition coefficient (Wildman–Crippen LogP) is 4.49. The van der Waals surface area contributed by atoms with Gasteiger partial charge in [0.2, 0.25) is 0 Å². The van der Waals surface area contributed by atoms with Gasteiger partial charge in [-0.05, 0) is 38.8 Å². The second-order valence-corrected chi connectivity index (χ2v) is 4.17. The fourth-order valence-electron chi connectivity index (χ4n) is 2.06. The minimum absolute atomic E-state index is 0.109. The van der Waals surface area contributed by atoms with E-state index in [1.54, 1.807) is 13.8 Å². The number of hydrogen-bond donors (Lipinski definition) is 0. The lowest BCUT2D eigenvalue weighted by atomic mass is 9.89. The Kier molecular flexibility index (Phi) is 2.94. The van der Waals surface area contributed by atoms with Gasteiger partial charge in [0.25, 0.3) is 0 Å². The second-order valence-electron chi connectivity index (χ2n) is 4.17. The molecule has 0 aliphatic heterocycles. The first kappa shape index (κ1) is 13.2. The first-order valence-electron chi connectivity index (χ1n) is 4.81. The Bertz CT molecular complexity index is 346. The van der Waals surface area contributed by atoms with Crippen molar-refractivity contribution in [2.45, 2.75) is 39.8 Å². The molecule has 0 saturated heterocycles. The van der Waals surface area contributed by atoms with E-state index in [9.17, 15) is 22.0 Å². The maximum Gasteiger partial charge on any atom is 0.454 e. The van der Waals surface area contributed by atoms with Crippen LogP contribution in [0.15, 0.2) is 22.3 Å². The quantitative estimate of drug-likeness (QED) is 0.592. The third-order valence-corrected chi connectivity index (χ3v) is 3.35. The molecular formula is C11H13F5. The molecule has 16 heavy (non-hydrogen) atoms. The summed E-state index contributed by atoms with van der Waals surface area (Å²) in [6, 6.07) is 0. The molecule has 1 rings (SSSR count). The zero-order chi connectivity index (χ0) is 12.9. The van der Waals surface area contributed by atoms with Crippen molar-refractivity contribution in [3.8, 4) is 0 Å². The van der Waals surface area contributed by atoms with E-state index in [4.69, 9.17) is 0 Å². The number of alkyl halides is 5. The number of halogens is 5. The van der Waals surface area contributed by atoms with E-state index in [1.807, 2.05) is 0 Å². The maximum atomic E-state index is 13.3. The van der Waals surface area contributed by atoms with Crippen molar-refractivity contribution in [3.05, 3.63) is 22.3 Å². The van der Waals surface area contributed by atoms with Crippen LogP contribution in [0.2, 0.25) is 0 Å². The lowest BCUT2D eigenvalue weighted by Gasteiger charge is -2.28. The highest BCUT2D eigenvalue weighted by Gasteiger charge is 2.64. The van der Waals surface area contributed by atoms with Crippen molar-refractivity contribution in [3.63, 3.8) is 0 Å². The molecule has 0 amide bonds. The molecule has 0 fully saturated rings. The van der Waals surface area contributed by atoms with Crippen LogP contribution in [0.25, 0.3) is 0 Å². The maximum absolute atomic E-state index is 13.3. The van der Waals surface area contributed by atoms with E-state index < -0.39 is 18.0 Å². The van der Waals surface area contributed by atoms with Gasteiger partial charge in [0.15, 0.2) is 0 Å². The van der Waals surface area contributed by atoms with Gasteiger partial charge in [0.1, 0.15) is 0 Å². The summed E-state index contributed by atoms with van der Waals surface area (Å²) in [6.07, 6.45) is -5.51. The molecule has 0 aromatic heterocycles. The van der Waals surface area contributed by atoms with Crippen LogP contribution in [0.1, 0.15) is 27.7 Å². The molecule has 0 saturated carbocycles. The lowest BCUT2D eigenvalue weighted by molar-refractivity contribution is -0.293. The Hall–Kier alpha value is -0.870. The zero-order valence-corrected chi connectivity index (χ0v) is 9.47. The van der Waals surface area contributed by atoms with Crippen LogP contribution in [-0.4, -0.2) is 12.1 Å². The van der Waals surface area contributed by atoms with E-state index >= 15 is 0 Å². The fourth-order valence-corrected chi connectivity index (χ4v) is 2.06. The third-order valence-electron chi connectivity index (χ3n) is 3.35. The summed E-state index contributed by atoms with van der Waals surface area (Å²) >= 11 is 0. The molecule has 5 heteroatoms. The number of hydrogen-bond acceptors (Lipinski definition) is 0. The summed E-state index contributed by atoms with van der Waals surface area (Å²) in [5.41, 5.74) is 1.28. The molecule has 0 atom stereocenters. The van der Waals surface area contributed by atoms with Crippen molar-refractivity contribution in [2.75, 3.05) is 0 Å². The van der Waals surface area contributed by atoms with Gasteiger partial charge in [-0.15, -0.1) is 0 Å². The summed E-state index contributed by atoms with van der Waals surface area (Å²) in [7, 11) is 0. The molecule has 0 aromatic rings. The van der Waals surface area contributed by atoms with Crippen molar-refractivity contribution >= 4 is 0 Å². The zero-order valence-electron chi connectivity index (χ0n) is 9.47. The average molecular weight is 240 g/mol. The van der Waals surface area contributed by atoms with Crippen molar-refractivity contribution < 1.29 is 22.0 Å². The number of rotatable bonds is 1. The fraction of sp³-hybridized carbons (Fsp3) is 0.636. The van der Waals surface area contributed by atoms with Crippen LogP contribution in [0.3, 0.4) is 0 Å². The molecule has 0 spiro atoms. The minimum Gasteiger partial charge on any atom is -0.195 e. The van der Waals surface area contributed by atoms with Gasteiger partial charge in [-0.1, -0.05) is 11.1 Å². The predicted molar refractivity (Wildman–Crippen MR) is 51.2 cm³/mol. The standard InChI is InChI=1S/C11H13F5/c1-5-6(2)8(4)9(7(5)3)10(12,13)11(14,15)16/h9H,1-4H3. The summed E-state index contributed by atoms with van der Waals surface area (Å²) in [6.45, 7) is 5.81. The molecule has 0 heterocycles. The highest BCUT2D eigenvalue weighted by molar-refractivity contribution is 5.47.